The van der Waals surface area contributed by atoms with E-state index in [1.165, 1.54) is 0 Å². The van der Waals surface area contributed by atoms with Gasteiger partial charge in [-0.2, -0.15) is 0 Å². The molecule has 0 aliphatic carbocycles. The maximum atomic E-state index is 10.3. The molecule has 0 unspecified atom stereocenters. The second-order valence-corrected chi connectivity index (χ2v) is 1.26. The van der Waals surface area contributed by atoms with Crippen molar-refractivity contribution in [2.75, 3.05) is 0 Å². The minimum Gasteiger partial charge on any atom is -0.478 e. The molecular weight excluding hydrogens is 154 g/mol. The summed E-state index contributed by atoms with van der Waals surface area (Å²) in [5.41, 5.74) is 0. The van der Waals surface area contributed by atoms with E-state index in [9.17, 15) is 14.4 Å². The number of carboxylic acid groups (broad SMARTS) is 1. The van der Waals surface area contributed by atoms with Crippen LogP contribution in [-0.4, -0.2) is 23.1 Å². The molecule has 0 amide bonds. The summed E-state index contributed by atoms with van der Waals surface area (Å²) in [6.07, 6.45) is 2.11. The average Bonchev–Trinajstić information content (AvgIpc) is 1.97. The van der Waals surface area contributed by atoms with Gasteiger partial charge in [-0.05, 0) is 0 Å². The quantitative estimate of drug-likeness (QED) is 0.194. The van der Waals surface area contributed by atoms with E-state index in [1.807, 2.05) is 0 Å². The van der Waals surface area contributed by atoms with Crippen LogP contribution in [0.1, 0.15) is 0 Å². The Morgan fingerprint density at radius 2 is 2.09 bits per heavy atom. The van der Waals surface area contributed by atoms with Crippen LogP contribution in [-0.2, 0) is 19.2 Å². The van der Waals surface area contributed by atoms with Crippen LogP contribution in [0.25, 0.3) is 0 Å². The van der Waals surface area contributed by atoms with Gasteiger partial charge in [0.15, 0.2) is 0 Å². The summed E-state index contributed by atoms with van der Waals surface area (Å²) in [7, 11) is 0. The maximum Gasteiger partial charge on any atom is 0.359 e. The summed E-state index contributed by atoms with van der Waals surface area (Å²) in [5, 5.41) is 10.4. The van der Waals surface area contributed by atoms with Crippen LogP contribution in [0.3, 0.4) is 0 Å². The molecule has 0 saturated heterocycles. The summed E-state index contributed by atoms with van der Waals surface area (Å²) in [6, 6.07) is 0. The van der Waals surface area contributed by atoms with Gasteiger partial charge in [0.25, 0.3) is 6.08 Å². The van der Waals surface area contributed by atoms with Gasteiger partial charge in [-0.25, -0.2) is 14.4 Å². The van der Waals surface area contributed by atoms with E-state index in [1.54, 1.807) is 0 Å². The lowest BCUT2D eigenvalue weighted by atomic mass is 10.5. The monoisotopic (exact) mass is 157 g/mol. The molecule has 11 heavy (non-hydrogen) atoms. The fraction of sp³-hybridized carbons (Fsp3) is 0. The third-order valence-corrected chi connectivity index (χ3v) is 0.535. The van der Waals surface area contributed by atoms with Crippen LogP contribution in [0.5, 0.6) is 0 Å². The fourth-order valence-corrected chi connectivity index (χ4v) is 0.233. The number of hydrogen-bond donors (Lipinski definition) is 1. The van der Waals surface area contributed by atoms with E-state index < -0.39 is 11.9 Å². The van der Waals surface area contributed by atoms with Crippen LogP contribution in [0.4, 0.5) is 0 Å². The highest BCUT2D eigenvalue weighted by Gasteiger charge is 1.95. The van der Waals surface area contributed by atoms with Gasteiger partial charge in [-0.15, -0.1) is 0 Å². The van der Waals surface area contributed by atoms with Crippen molar-refractivity contribution in [3.63, 3.8) is 0 Å². The minimum absolute atomic E-state index is 0.558. The zero-order chi connectivity index (χ0) is 8.69. The SMILES string of the molecule is O=C=NOC(=O)/C=C/C(=O)O. The zero-order valence-electron chi connectivity index (χ0n) is 5.18. The molecule has 0 radical (unpaired) electrons. The van der Waals surface area contributed by atoms with E-state index in [4.69, 9.17) is 5.11 Å². The summed E-state index contributed by atoms with van der Waals surface area (Å²) in [5.74, 6) is -2.34. The molecule has 0 aliphatic heterocycles. The third-order valence-electron chi connectivity index (χ3n) is 0.535. The van der Waals surface area contributed by atoms with E-state index in [2.05, 4.69) is 9.99 Å². The lowest BCUT2D eigenvalue weighted by Gasteiger charge is -1.83. The molecule has 1 N–H and O–H groups in total. The number of nitrogens with zero attached hydrogens (tertiary/aromatic N) is 1. The number of carboxylic acids is 1. The van der Waals surface area contributed by atoms with Crippen molar-refractivity contribution in [2.45, 2.75) is 0 Å². The van der Waals surface area contributed by atoms with E-state index >= 15 is 0 Å². The van der Waals surface area contributed by atoms with Gasteiger partial charge in [-0.1, -0.05) is 0 Å². The van der Waals surface area contributed by atoms with Gasteiger partial charge in [-0.3, -0.25) is 0 Å². The van der Waals surface area contributed by atoms with Crippen LogP contribution in [0, 0.1) is 0 Å². The first-order valence-electron chi connectivity index (χ1n) is 2.36. The van der Waals surface area contributed by atoms with Crippen molar-refractivity contribution in [2.24, 2.45) is 5.16 Å². The highest BCUT2D eigenvalue weighted by atomic mass is 16.7. The average molecular weight is 157 g/mol. The van der Waals surface area contributed by atoms with Gasteiger partial charge in [0.1, 0.15) is 0 Å². The summed E-state index contributed by atoms with van der Waals surface area (Å²) >= 11 is 0. The number of hydrogen-bond acceptors (Lipinski definition) is 5. The lowest BCUT2D eigenvalue weighted by molar-refractivity contribution is -0.138. The van der Waals surface area contributed by atoms with E-state index in [0.717, 1.165) is 6.08 Å². The van der Waals surface area contributed by atoms with Gasteiger partial charge in [0.05, 0.1) is 0 Å². The van der Waals surface area contributed by atoms with Crippen LogP contribution in [0.15, 0.2) is 17.3 Å². The Balaban J connectivity index is 3.87. The topological polar surface area (TPSA) is 93.0 Å². The van der Waals surface area contributed by atoms with Crippen molar-refractivity contribution in [1.29, 1.82) is 0 Å². The molecule has 6 heteroatoms. The predicted octanol–water partition coefficient (Wildman–Crippen LogP) is -0.579. The normalized spacial score (nSPS) is 8.73. The molecule has 6 nitrogen and oxygen atoms in total. The first-order chi connectivity index (χ1) is 5.16. The number of carbonyl (C=O) groups is 2. The second-order valence-electron chi connectivity index (χ2n) is 1.26. The van der Waals surface area contributed by atoms with Gasteiger partial charge in [0, 0.05) is 17.3 Å². The van der Waals surface area contributed by atoms with E-state index in [-0.39, 0.29) is 0 Å². The number of isocyanates is 1. The van der Waals surface area contributed by atoms with Crippen molar-refractivity contribution in [3.8, 4) is 0 Å². The molecule has 0 rings (SSSR count). The Morgan fingerprint density at radius 1 is 1.45 bits per heavy atom. The molecule has 0 aromatic heterocycles. The standard InChI is InChI=1S/C5H3NO5/c7-3-6-11-5(10)2-1-4(8)9/h1-2H,(H,8,9)/b2-1+. The summed E-state index contributed by atoms with van der Waals surface area (Å²) in [4.78, 5) is 33.1. The minimum atomic E-state index is -1.29. The molecule has 0 aromatic carbocycles. The highest BCUT2D eigenvalue weighted by Crippen LogP contribution is 1.80. The van der Waals surface area contributed by atoms with Crippen molar-refractivity contribution < 1.29 is 24.3 Å². The van der Waals surface area contributed by atoms with Gasteiger partial charge >= 0.3 is 11.9 Å². The Morgan fingerprint density at radius 3 is 2.55 bits per heavy atom. The Labute approximate surface area is 60.8 Å². The molecule has 0 fully saturated rings. The molecule has 0 bridgehead atoms. The van der Waals surface area contributed by atoms with E-state index in [0.29, 0.717) is 12.2 Å². The molecule has 0 aromatic rings. The smallest absolute Gasteiger partial charge is 0.359 e. The number of carbonyl (C=O) groups excluding carboxylic acids is 2. The van der Waals surface area contributed by atoms with Gasteiger partial charge in [0.2, 0.25) is 0 Å². The largest absolute Gasteiger partial charge is 0.478 e. The Hall–Kier alpha value is -1.94. The predicted molar refractivity (Wildman–Crippen MR) is 31.0 cm³/mol. The highest BCUT2D eigenvalue weighted by molar-refractivity contribution is 5.90. The zero-order valence-corrected chi connectivity index (χ0v) is 5.18. The van der Waals surface area contributed by atoms with Crippen LogP contribution >= 0.6 is 0 Å². The van der Waals surface area contributed by atoms with Gasteiger partial charge < -0.3 is 9.94 Å². The second kappa shape index (κ2) is 4.89. The number of aliphatic carboxylic acids is 1. The third kappa shape index (κ3) is 5.94. The molecular formula is C5H3NO5. The molecule has 0 atom stereocenters. The lowest BCUT2D eigenvalue weighted by Crippen LogP contribution is -1.96. The fourth-order valence-electron chi connectivity index (χ4n) is 0.233. The van der Waals surface area contributed by atoms with Crippen LogP contribution < -0.4 is 0 Å². The van der Waals surface area contributed by atoms with Crippen LogP contribution in [0.2, 0.25) is 0 Å². The Bertz CT molecular complexity index is 237. The molecule has 0 spiro atoms. The Kier molecular flexibility index (Phi) is 4.03. The first-order valence-corrected chi connectivity index (χ1v) is 2.36. The molecule has 58 valence electrons. The van der Waals surface area contributed by atoms with Crippen molar-refractivity contribution in [1.82, 2.24) is 0 Å². The molecule has 0 heterocycles. The first kappa shape index (κ1) is 9.06. The van der Waals surface area contributed by atoms with Crippen molar-refractivity contribution in [3.05, 3.63) is 12.2 Å². The summed E-state index contributed by atoms with van der Waals surface area (Å²) < 4.78 is 0. The number of rotatable bonds is 3. The molecule has 0 saturated carbocycles. The van der Waals surface area contributed by atoms with Crippen molar-refractivity contribution >= 4 is 18.0 Å². The molecule has 0 aliphatic rings. The maximum absolute atomic E-state index is 10.3. The summed E-state index contributed by atoms with van der Waals surface area (Å²) in [6.45, 7) is 0.